The molecule has 154 valence electrons. The SMILES string of the molecule is CC(c1ccccc1N1CCCCC1)S(=O)(=O)c1cc(S(=O)(=O)N(C)C)cs1. The highest BCUT2D eigenvalue weighted by Crippen LogP contribution is 2.38. The highest BCUT2D eigenvalue weighted by atomic mass is 32.2. The molecule has 3 rings (SSSR count). The third-order valence-corrected chi connectivity index (χ3v) is 10.7. The van der Waals surface area contributed by atoms with Gasteiger partial charge < -0.3 is 4.90 Å². The standard InChI is InChI=1S/C19H26N2O4S3/c1-15(17-9-5-6-10-18(17)21-11-7-4-8-12-21)27(22,23)19-13-16(14-26-19)28(24,25)20(2)3/h5-6,9-10,13-15H,4,7-8,11-12H2,1-3H3. The van der Waals surface area contributed by atoms with E-state index in [0.717, 1.165) is 52.8 Å². The van der Waals surface area contributed by atoms with Crippen LogP contribution < -0.4 is 4.90 Å². The third kappa shape index (κ3) is 3.98. The zero-order chi connectivity index (χ0) is 20.5. The molecule has 2 aromatic rings. The molecule has 1 aliphatic rings. The Balaban J connectivity index is 1.97. The molecule has 9 heteroatoms. The minimum Gasteiger partial charge on any atom is -0.371 e. The van der Waals surface area contributed by atoms with Crippen LogP contribution in [0.5, 0.6) is 0 Å². The van der Waals surface area contributed by atoms with E-state index in [0.29, 0.717) is 0 Å². The summed E-state index contributed by atoms with van der Waals surface area (Å²) >= 11 is 0.958. The summed E-state index contributed by atoms with van der Waals surface area (Å²) in [6.07, 6.45) is 3.41. The van der Waals surface area contributed by atoms with Gasteiger partial charge in [-0.1, -0.05) is 18.2 Å². The highest BCUT2D eigenvalue weighted by molar-refractivity contribution is 7.94. The zero-order valence-corrected chi connectivity index (χ0v) is 18.8. The summed E-state index contributed by atoms with van der Waals surface area (Å²) in [5.74, 6) is 0. The number of piperidine rings is 1. The van der Waals surface area contributed by atoms with Crippen molar-refractivity contribution in [3.63, 3.8) is 0 Å². The Morgan fingerprint density at radius 3 is 2.32 bits per heavy atom. The van der Waals surface area contributed by atoms with Gasteiger partial charge in [-0.15, -0.1) is 11.3 Å². The van der Waals surface area contributed by atoms with Crippen molar-refractivity contribution in [1.82, 2.24) is 4.31 Å². The van der Waals surface area contributed by atoms with Crippen LogP contribution in [0.2, 0.25) is 0 Å². The predicted molar refractivity (Wildman–Crippen MR) is 113 cm³/mol. The first-order valence-electron chi connectivity index (χ1n) is 9.24. The minimum atomic E-state index is -3.71. The predicted octanol–water partition coefficient (Wildman–Crippen LogP) is 3.52. The molecule has 1 saturated heterocycles. The zero-order valence-electron chi connectivity index (χ0n) is 16.3. The molecule has 0 N–H and O–H groups in total. The lowest BCUT2D eigenvalue weighted by Gasteiger charge is -2.31. The van der Waals surface area contributed by atoms with Crippen LogP contribution in [-0.2, 0) is 19.9 Å². The number of sulfone groups is 1. The number of para-hydroxylation sites is 1. The maximum absolute atomic E-state index is 13.3. The molecule has 0 radical (unpaired) electrons. The molecule has 0 bridgehead atoms. The van der Waals surface area contributed by atoms with Crippen LogP contribution in [0.4, 0.5) is 5.69 Å². The van der Waals surface area contributed by atoms with Crippen molar-refractivity contribution in [3.05, 3.63) is 41.3 Å². The average Bonchev–Trinajstić information content (AvgIpc) is 3.20. The van der Waals surface area contributed by atoms with Gasteiger partial charge in [0.25, 0.3) is 0 Å². The molecular formula is C19H26N2O4S3. The highest BCUT2D eigenvalue weighted by Gasteiger charge is 2.31. The van der Waals surface area contributed by atoms with Crippen LogP contribution in [0.15, 0.2) is 44.8 Å². The lowest BCUT2D eigenvalue weighted by Crippen LogP contribution is -2.30. The third-order valence-electron chi connectivity index (χ3n) is 5.15. The normalized spacial score (nSPS) is 17.1. The number of anilines is 1. The van der Waals surface area contributed by atoms with Crippen LogP contribution in [0.1, 0.15) is 37.0 Å². The fourth-order valence-electron chi connectivity index (χ4n) is 3.39. The van der Waals surface area contributed by atoms with Crippen LogP contribution in [0, 0.1) is 0 Å². The van der Waals surface area contributed by atoms with Crippen molar-refractivity contribution < 1.29 is 16.8 Å². The Labute approximate surface area is 171 Å². The van der Waals surface area contributed by atoms with Crippen molar-refractivity contribution in [2.45, 2.75) is 40.5 Å². The quantitative estimate of drug-likeness (QED) is 0.684. The first-order valence-corrected chi connectivity index (χ1v) is 13.1. The van der Waals surface area contributed by atoms with Gasteiger partial charge in [-0.2, -0.15) is 0 Å². The molecule has 1 unspecified atom stereocenters. The first kappa shape index (κ1) is 21.3. The molecule has 0 spiro atoms. The molecule has 6 nitrogen and oxygen atoms in total. The van der Waals surface area contributed by atoms with Gasteiger partial charge in [0.1, 0.15) is 4.21 Å². The van der Waals surface area contributed by atoms with Crippen LogP contribution in [0.3, 0.4) is 0 Å². The lowest BCUT2D eigenvalue weighted by atomic mass is 10.1. The van der Waals surface area contributed by atoms with Gasteiger partial charge in [0.15, 0.2) is 9.84 Å². The Hall–Kier alpha value is -1.42. The van der Waals surface area contributed by atoms with Gasteiger partial charge in [0, 0.05) is 38.3 Å². The van der Waals surface area contributed by atoms with Gasteiger partial charge in [-0.25, -0.2) is 21.1 Å². The summed E-state index contributed by atoms with van der Waals surface area (Å²) in [5.41, 5.74) is 1.71. The van der Waals surface area contributed by atoms with Crippen molar-refractivity contribution in [1.29, 1.82) is 0 Å². The Bertz CT molecular complexity index is 1040. The molecule has 2 heterocycles. The Kier molecular flexibility index (Phi) is 6.19. The van der Waals surface area contributed by atoms with Crippen molar-refractivity contribution >= 4 is 36.9 Å². The number of nitrogens with zero attached hydrogens (tertiary/aromatic N) is 2. The van der Waals surface area contributed by atoms with Gasteiger partial charge in [-0.05, 0) is 43.9 Å². The second kappa shape index (κ2) is 8.14. The second-order valence-corrected chi connectivity index (χ2v) is 12.7. The largest absolute Gasteiger partial charge is 0.371 e. The summed E-state index contributed by atoms with van der Waals surface area (Å²) in [6.45, 7) is 3.53. The topological polar surface area (TPSA) is 74.8 Å². The second-order valence-electron chi connectivity index (χ2n) is 7.18. The summed E-state index contributed by atoms with van der Waals surface area (Å²) in [6, 6.07) is 8.89. The van der Waals surface area contributed by atoms with Crippen molar-refractivity contribution in [3.8, 4) is 0 Å². The number of hydrogen-bond donors (Lipinski definition) is 0. The lowest BCUT2D eigenvalue weighted by molar-refractivity contribution is 0.521. The summed E-state index contributed by atoms with van der Waals surface area (Å²) in [5, 5.41) is 0.630. The van der Waals surface area contributed by atoms with Gasteiger partial charge in [0.05, 0.1) is 10.1 Å². The maximum atomic E-state index is 13.3. The molecular weight excluding hydrogens is 416 g/mol. The van der Waals surface area contributed by atoms with Crippen molar-refractivity contribution in [2.24, 2.45) is 0 Å². The molecule has 0 saturated carbocycles. The van der Waals surface area contributed by atoms with E-state index in [1.165, 1.54) is 32.0 Å². The van der Waals surface area contributed by atoms with E-state index in [2.05, 4.69) is 4.90 Å². The van der Waals surface area contributed by atoms with E-state index < -0.39 is 25.1 Å². The molecule has 0 amide bonds. The van der Waals surface area contributed by atoms with Gasteiger partial charge in [-0.3, -0.25) is 0 Å². The minimum absolute atomic E-state index is 0.0117. The monoisotopic (exact) mass is 442 g/mol. The number of benzene rings is 1. The van der Waals surface area contributed by atoms with E-state index >= 15 is 0 Å². The van der Waals surface area contributed by atoms with E-state index in [1.54, 1.807) is 6.92 Å². The molecule has 1 atom stereocenters. The summed E-state index contributed by atoms with van der Waals surface area (Å²) < 4.78 is 52.3. The van der Waals surface area contributed by atoms with Gasteiger partial charge in [0.2, 0.25) is 10.0 Å². The Morgan fingerprint density at radius 1 is 1.04 bits per heavy atom. The first-order chi connectivity index (χ1) is 13.2. The number of rotatable bonds is 6. The summed E-state index contributed by atoms with van der Waals surface area (Å²) in [4.78, 5) is 2.26. The van der Waals surface area contributed by atoms with Crippen molar-refractivity contribution in [2.75, 3.05) is 32.1 Å². The van der Waals surface area contributed by atoms with Crippen LogP contribution in [0.25, 0.3) is 0 Å². The molecule has 1 aliphatic heterocycles. The number of thiophene rings is 1. The number of sulfonamides is 1. The molecule has 1 fully saturated rings. The number of hydrogen-bond acceptors (Lipinski definition) is 6. The Morgan fingerprint density at radius 2 is 1.68 bits per heavy atom. The van der Waals surface area contributed by atoms with E-state index in [4.69, 9.17) is 0 Å². The maximum Gasteiger partial charge on any atom is 0.243 e. The summed E-state index contributed by atoms with van der Waals surface area (Å²) in [7, 11) is -4.51. The van der Waals surface area contributed by atoms with Crippen LogP contribution >= 0.6 is 11.3 Å². The van der Waals surface area contributed by atoms with E-state index in [1.807, 2.05) is 24.3 Å². The smallest absolute Gasteiger partial charge is 0.243 e. The fourth-order valence-corrected chi connectivity index (χ4v) is 7.64. The molecule has 28 heavy (non-hydrogen) atoms. The fraction of sp³-hybridized carbons (Fsp3) is 0.474. The van der Waals surface area contributed by atoms with Crippen LogP contribution in [-0.4, -0.2) is 48.3 Å². The molecule has 1 aromatic carbocycles. The molecule has 1 aromatic heterocycles. The van der Waals surface area contributed by atoms with E-state index in [9.17, 15) is 16.8 Å². The molecule has 0 aliphatic carbocycles. The van der Waals surface area contributed by atoms with Gasteiger partial charge >= 0.3 is 0 Å². The van der Waals surface area contributed by atoms with E-state index in [-0.39, 0.29) is 9.10 Å². The average molecular weight is 443 g/mol.